The number of ether oxygens (including phenoxy) is 1. The highest BCUT2D eigenvalue weighted by atomic mass is 79.9. The minimum Gasteiger partial charge on any atom is -0.406 e. The summed E-state index contributed by atoms with van der Waals surface area (Å²) in [5.74, 6) is -1.46. The summed E-state index contributed by atoms with van der Waals surface area (Å²) in [6.07, 6.45) is -8.00. The van der Waals surface area contributed by atoms with E-state index in [1.54, 1.807) is 0 Å². The van der Waals surface area contributed by atoms with Crippen LogP contribution in [0.25, 0.3) is 0 Å². The van der Waals surface area contributed by atoms with E-state index < -0.39 is 29.9 Å². The van der Waals surface area contributed by atoms with Crippen molar-refractivity contribution in [2.45, 2.75) is 12.8 Å². The molecule has 0 fully saturated rings. The van der Waals surface area contributed by atoms with Gasteiger partial charge >= 0.3 is 6.36 Å². The van der Waals surface area contributed by atoms with Gasteiger partial charge in [-0.15, -0.1) is 13.2 Å². The number of ketones is 1. The molecule has 1 aromatic carbocycles. The fraction of sp³-hybridized carbons (Fsp3) is 0.300. The Morgan fingerprint density at radius 2 is 1.89 bits per heavy atom. The smallest absolute Gasteiger partial charge is 0.406 e. The van der Waals surface area contributed by atoms with Crippen LogP contribution < -0.4 is 4.74 Å². The number of carbonyl (C=O) groups is 1. The Kier molecular flexibility index (Phi) is 4.66. The van der Waals surface area contributed by atoms with Crippen molar-refractivity contribution >= 4 is 21.7 Å². The van der Waals surface area contributed by atoms with Gasteiger partial charge in [-0.2, -0.15) is 0 Å². The maximum Gasteiger partial charge on any atom is 0.573 e. The molecule has 0 aliphatic rings. The Hall–Kier alpha value is -1.18. The van der Waals surface area contributed by atoms with E-state index in [2.05, 4.69) is 20.7 Å². The zero-order valence-electron chi connectivity index (χ0n) is 8.60. The zero-order chi connectivity index (χ0) is 13.9. The van der Waals surface area contributed by atoms with Crippen LogP contribution >= 0.6 is 15.9 Å². The molecule has 0 heterocycles. The first-order valence-electron chi connectivity index (χ1n) is 4.51. The first-order valence-corrected chi connectivity index (χ1v) is 5.63. The summed E-state index contributed by atoms with van der Waals surface area (Å²) in [6.45, 7) is 0. The van der Waals surface area contributed by atoms with Crippen molar-refractivity contribution in [3.05, 3.63) is 29.3 Å². The molecule has 2 nitrogen and oxygen atoms in total. The molecule has 100 valence electrons. The number of rotatable bonds is 4. The summed E-state index contributed by atoms with van der Waals surface area (Å²) in [5.41, 5.74) is -0.982. The van der Waals surface area contributed by atoms with Crippen LogP contribution in [0.1, 0.15) is 22.3 Å². The van der Waals surface area contributed by atoms with Gasteiger partial charge in [0.05, 0.1) is 5.33 Å². The average molecular weight is 333 g/mol. The normalized spacial score (nSPS) is 11.7. The lowest BCUT2D eigenvalue weighted by Gasteiger charge is -2.11. The second kappa shape index (κ2) is 5.64. The molecule has 8 heteroatoms. The Balaban J connectivity index is 3.18. The first kappa shape index (κ1) is 14.9. The lowest BCUT2D eigenvalue weighted by Crippen LogP contribution is -2.17. The lowest BCUT2D eigenvalue weighted by atomic mass is 10.1. The number of halogens is 6. The minimum atomic E-state index is -5.00. The topological polar surface area (TPSA) is 26.3 Å². The second-order valence-corrected chi connectivity index (χ2v) is 3.76. The van der Waals surface area contributed by atoms with Crippen LogP contribution in [0, 0.1) is 0 Å². The Bertz CT molecular complexity index is 444. The second-order valence-electron chi connectivity index (χ2n) is 3.20. The molecule has 0 saturated heterocycles. The molecule has 0 radical (unpaired) electrons. The van der Waals surface area contributed by atoms with Crippen LogP contribution in [0.4, 0.5) is 22.0 Å². The van der Waals surface area contributed by atoms with E-state index in [1.165, 1.54) is 0 Å². The van der Waals surface area contributed by atoms with Gasteiger partial charge < -0.3 is 4.74 Å². The minimum absolute atomic E-state index is 0.189. The molecule has 0 aliphatic heterocycles. The molecule has 0 amide bonds. The van der Waals surface area contributed by atoms with Crippen molar-refractivity contribution in [3.63, 3.8) is 0 Å². The Morgan fingerprint density at radius 1 is 1.28 bits per heavy atom. The van der Waals surface area contributed by atoms with Gasteiger partial charge in [-0.05, 0) is 18.2 Å². The summed E-state index contributed by atoms with van der Waals surface area (Å²) in [5, 5.41) is -0.189. The highest BCUT2D eigenvalue weighted by Gasteiger charge is 2.31. The van der Waals surface area contributed by atoms with E-state index in [0.717, 1.165) is 12.1 Å². The van der Waals surface area contributed by atoms with Crippen LogP contribution in [-0.2, 0) is 0 Å². The predicted molar refractivity (Wildman–Crippen MR) is 56.2 cm³/mol. The molecule has 0 N–H and O–H groups in total. The van der Waals surface area contributed by atoms with E-state index in [-0.39, 0.29) is 10.9 Å². The molecule has 1 rings (SSSR count). The summed E-state index contributed by atoms with van der Waals surface area (Å²) in [4.78, 5) is 11.3. The van der Waals surface area contributed by atoms with Crippen LogP contribution in [0.5, 0.6) is 5.75 Å². The number of hydrogen-bond acceptors (Lipinski definition) is 2. The fourth-order valence-corrected chi connectivity index (χ4v) is 1.50. The van der Waals surface area contributed by atoms with Crippen molar-refractivity contribution in [1.82, 2.24) is 0 Å². The van der Waals surface area contributed by atoms with Crippen LogP contribution in [0.15, 0.2) is 18.2 Å². The van der Waals surface area contributed by atoms with Gasteiger partial charge in [-0.1, -0.05) is 15.9 Å². The molecule has 0 bridgehead atoms. The van der Waals surface area contributed by atoms with E-state index in [1.807, 2.05) is 0 Å². The van der Waals surface area contributed by atoms with Gasteiger partial charge in [0, 0.05) is 11.1 Å². The van der Waals surface area contributed by atoms with Crippen molar-refractivity contribution < 1.29 is 31.5 Å². The highest BCUT2D eigenvalue weighted by molar-refractivity contribution is 9.09. The first-order chi connectivity index (χ1) is 8.23. The number of Topliss-reactive ketones (excluding diaryl/α,β-unsaturated/α-hetero) is 1. The van der Waals surface area contributed by atoms with E-state index in [9.17, 15) is 26.7 Å². The van der Waals surface area contributed by atoms with Gasteiger partial charge in [0.25, 0.3) is 6.43 Å². The monoisotopic (exact) mass is 332 g/mol. The highest BCUT2D eigenvalue weighted by Crippen LogP contribution is 2.29. The Labute approximate surface area is 107 Å². The van der Waals surface area contributed by atoms with Crippen LogP contribution in [0.3, 0.4) is 0 Å². The summed E-state index contributed by atoms with van der Waals surface area (Å²) >= 11 is 2.80. The lowest BCUT2D eigenvalue weighted by molar-refractivity contribution is -0.274. The van der Waals surface area contributed by atoms with Crippen molar-refractivity contribution in [2.24, 2.45) is 0 Å². The molecule has 0 atom stereocenters. The molecule has 1 aromatic rings. The summed E-state index contributed by atoms with van der Waals surface area (Å²) in [6, 6.07) is 2.14. The van der Waals surface area contributed by atoms with Gasteiger partial charge in [-0.25, -0.2) is 8.78 Å². The molecule has 0 aliphatic carbocycles. The Morgan fingerprint density at radius 3 is 2.33 bits per heavy atom. The molecule has 18 heavy (non-hydrogen) atoms. The molecule has 0 spiro atoms. The predicted octanol–water partition coefficient (Wildman–Crippen LogP) is 4.10. The number of hydrogen-bond donors (Lipinski definition) is 0. The number of carbonyl (C=O) groups excluding carboxylic acids is 1. The van der Waals surface area contributed by atoms with Crippen molar-refractivity contribution in [1.29, 1.82) is 0 Å². The third-order valence-corrected chi connectivity index (χ3v) is 2.37. The van der Waals surface area contributed by atoms with Crippen LogP contribution in [0.2, 0.25) is 0 Å². The molecule has 0 unspecified atom stereocenters. The SMILES string of the molecule is O=C(CBr)c1cc(OC(F)(F)F)cc(C(F)F)c1. The van der Waals surface area contributed by atoms with Gasteiger partial charge in [0.15, 0.2) is 5.78 Å². The fourth-order valence-electron chi connectivity index (χ4n) is 1.18. The zero-order valence-corrected chi connectivity index (χ0v) is 10.2. The van der Waals surface area contributed by atoms with E-state index in [0.29, 0.717) is 6.07 Å². The molecule has 0 saturated carbocycles. The van der Waals surface area contributed by atoms with Gasteiger partial charge in [-0.3, -0.25) is 4.79 Å². The third-order valence-electron chi connectivity index (χ3n) is 1.86. The maximum absolute atomic E-state index is 12.5. The molecule has 0 aromatic heterocycles. The largest absolute Gasteiger partial charge is 0.573 e. The van der Waals surface area contributed by atoms with E-state index in [4.69, 9.17) is 0 Å². The van der Waals surface area contributed by atoms with Crippen LogP contribution in [-0.4, -0.2) is 17.5 Å². The molecular weight excluding hydrogens is 327 g/mol. The van der Waals surface area contributed by atoms with Gasteiger partial charge in [0.2, 0.25) is 0 Å². The van der Waals surface area contributed by atoms with Crippen molar-refractivity contribution in [2.75, 3.05) is 5.33 Å². The average Bonchev–Trinajstić information content (AvgIpc) is 2.25. The standard InChI is InChI=1S/C10H6BrF5O2/c11-4-8(17)5-1-6(9(12)13)3-7(2-5)18-10(14,15)16/h1-3,9H,4H2. The molecular formula is C10H6BrF5O2. The third kappa shape index (κ3) is 4.25. The maximum atomic E-state index is 12.5. The number of benzene rings is 1. The summed E-state index contributed by atoms with van der Waals surface area (Å²) in [7, 11) is 0. The van der Waals surface area contributed by atoms with Crippen molar-refractivity contribution in [3.8, 4) is 5.75 Å². The summed E-state index contributed by atoms with van der Waals surface area (Å²) < 4.78 is 64.4. The van der Waals surface area contributed by atoms with E-state index >= 15 is 0 Å². The van der Waals surface area contributed by atoms with Gasteiger partial charge in [0.1, 0.15) is 5.75 Å². The number of alkyl halides is 6. The quantitative estimate of drug-likeness (QED) is 0.471.